The molecule has 0 unspecified atom stereocenters. The van der Waals surface area contributed by atoms with Gasteiger partial charge in [0, 0.05) is 40.5 Å². The van der Waals surface area contributed by atoms with Crippen LogP contribution in [0.15, 0.2) is 53.2 Å². The van der Waals surface area contributed by atoms with Gasteiger partial charge in [0.15, 0.2) is 0 Å². The number of halogens is 1. The van der Waals surface area contributed by atoms with Crippen molar-refractivity contribution < 1.29 is 4.79 Å². The number of rotatable bonds is 8. The molecule has 0 aliphatic carbocycles. The molecule has 3 rings (SSSR count). The molecule has 0 atom stereocenters. The van der Waals surface area contributed by atoms with Crippen LogP contribution in [-0.2, 0) is 17.9 Å². The van der Waals surface area contributed by atoms with Crippen LogP contribution in [-0.4, -0.2) is 5.91 Å². The Morgan fingerprint density at radius 3 is 2.58 bits per heavy atom. The lowest BCUT2D eigenvalue weighted by atomic mass is 10.2. The van der Waals surface area contributed by atoms with E-state index in [9.17, 15) is 4.79 Å². The summed E-state index contributed by atoms with van der Waals surface area (Å²) in [5.41, 5.74) is 3.38. The van der Waals surface area contributed by atoms with Crippen molar-refractivity contribution in [2.45, 2.75) is 32.9 Å². The number of carbonyl (C=O) groups is 1. The lowest BCUT2D eigenvalue weighted by Gasteiger charge is -2.07. The Hall–Kier alpha value is -1.66. The molecule has 2 heterocycles. The largest absolute Gasteiger partial charge is 0.326 e. The second-order valence-corrected chi connectivity index (χ2v) is 7.82. The second kappa shape index (κ2) is 10.5. The lowest BCUT2D eigenvalue weighted by molar-refractivity contribution is -0.116. The summed E-state index contributed by atoms with van der Waals surface area (Å²) in [7, 11) is 0. The molecule has 1 amide bonds. The van der Waals surface area contributed by atoms with Crippen LogP contribution in [0.3, 0.4) is 0 Å². The maximum atomic E-state index is 11.6. The van der Waals surface area contributed by atoms with Crippen molar-refractivity contribution in [1.29, 1.82) is 0 Å². The van der Waals surface area contributed by atoms with E-state index in [1.54, 1.807) is 22.7 Å². The third kappa shape index (κ3) is 5.95. The first-order chi connectivity index (χ1) is 12.2. The van der Waals surface area contributed by atoms with E-state index in [0.717, 1.165) is 25.2 Å². The van der Waals surface area contributed by atoms with E-state index in [-0.39, 0.29) is 18.3 Å². The SMILES string of the molecule is CCCC(=O)Nc1ccc(CNCc2cc(-c3cccs3)cs2)cc1.Cl. The molecule has 1 aromatic carbocycles. The van der Waals surface area contributed by atoms with E-state index in [0.29, 0.717) is 6.42 Å². The fourth-order valence-electron chi connectivity index (χ4n) is 2.53. The van der Waals surface area contributed by atoms with Crippen LogP contribution in [0.1, 0.15) is 30.2 Å². The van der Waals surface area contributed by atoms with Crippen molar-refractivity contribution in [3.63, 3.8) is 0 Å². The molecule has 0 saturated heterocycles. The van der Waals surface area contributed by atoms with Gasteiger partial charge in [-0.15, -0.1) is 35.1 Å². The fourth-order valence-corrected chi connectivity index (χ4v) is 4.18. The number of thiophene rings is 2. The summed E-state index contributed by atoms with van der Waals surface area (Å²) in [6.07, 6.45) is 1.43. The first kappa shape index (κ1) is 20.6. The molecular weight excluding hydrogens is 384 g/mol. The van der Waals surface area contributed by atoms with Gasteiger partial charge in [0.2, 0.25) is 5.91 Å². The van der Waals surface area contributed by atoms with Gasteiger partial charge in [0.1, 0.15) is 0 Å². The normalized spacial score (nSPS) is 10.3. The molecule has 2 N–H and O–H groups in total. The van der Waals surface area contributed by atoms with Crippen LogP contribution in [0.4, 0.5) is 5.69 Å². The predicted molar refractivity (Wildman–Crippen MR) is 115 cm³/mol. The molecule has 0 spiro atoms. The maximum Gasteiger partial charge on any atom is 0.224 e. The van der Waals surface area contributed by atoms with E-state index in [4.69, 9.17) is 0 Å². The summed E-state index contributed by atoms with van der Waals surface area (Å²) < 4.78 is 0. The van der Waals surface area contributed by atoms with Crippen LogP contribution in [0.25, 0.3) is 10.4 Å². The number of amides is 1. The van der Waals surface area contributed by atoms with Gasteiger partial charge in [-0.25, -0.2) is 0 Å². The topological polar surface area (TPSA) is 41.1 Å². The van der Waals surface area contributed by atoms with Gasteiger partial charge in [-0.2, -0.15) is 0 Å². The van der Waals surface area contributed by atoms with Crippen LogP contribution in [0.2, 0.25) is 0 Å². The van der Waals surface area contributed by atoms with Gasteiger partial charge >= 0.3 is 0 Å². The van der Waals surface area contributed by atoms with E-state index >= 15 is 0 Å². The quantitative estimate of drug-likeness (QED) is 0.487. The zero-order valence-corrected chi connectivity index (χ0v) is 17.1. The number of nitrogens with one attached hydrogen (secondary N) is 2. The summed E-state index contributed by atoms with van der Waals surface area (Å²) in [6, 6.07) is 14.5. The van der Waals surface area contributed by atoms with Crippen molar-refractivity contribution in [1.82, 2.24) is 5.32 Å². The molecule has 0 fully saturated rings. The van der Waals surface area contributed by atoms with Crippen molar-refractivity contribution in [2.75, 3.05) is 5.32 Å². The molecule has 0 saturated carbocycles. The second-order valence-electron chi connectivity index (χ2n) is 5.88. The van der Waals surface area contributed by atoms with Crippen molar-refractivity contribution in [2.24, 2.45) is 0 Å². The zero-order valence-electron chi connectivity index (χ0n) is 14.7. The molecule has 0 aliphatic rings. The highest BCUT2D eigenvalue weighted by Crippen LogP contribution is 2.29. The Morgan fingerprint density at radius 1 is 1.08 bits per heavy atom. The number of carbonyl (C=O) groups excluding carboxylic acids is 1. The summed E-state index contributed by atoms with van der Waals surface area (Å²) in [5.74, 6) is 0.0765. The first-order valence-electron chi connectivity index (χ1n) is 8.45. The van der Waals surface area contributed by atoms with E-state index in [2.05, 4.69) is 51.7 Å². The molecule has 138 valence electrons. The Morgan fingerprint density at radius 2 is 1.88 bits per heavy atom. The molecule has 3 nitrogen and oxygen atoms in total. The minimum atomic E-state index is 0. The van der Waals surface area contributed by atoms with Gasteiger partial charge < -0.3 is 10.6 Å². The minimum absolute atomic E-state index is 0. The van der Waals surface area contributed by atoms with E-state index < -0.39 is 0 Å². The molecule has 3 aromatic rings. The predicted octanol–water partition coefficient (Wildman–Crippen LogP) is 5.93. The summed E-state index contributed by atoms with van der Waals surface area (Å²) >= 11 is 3.57. The van der Waals surface area contributed by atoms with Crippen molar-refractivity contribution >= 4 is 46.7 Å². The highest BCUT2D eigenvalue weighted by atomic mass is 35.5. The van der Waals surface area contributed by atoms with Gasteiger partial charge in [-0.05, 0) is 47.0 Å². The number of anilines is 1. The third-order valence-electron chi connectivity index (χ3n) is 3.80. The Balaban J connectivity index is 0.00000243. The highest BCUT2D eigenvalue weighted by molar-refractivity contribution is 7.14. The van der Waals surface area contributed by atoms with Crippen LogP contribution in [0, 0.1) is 0 Å². The summed E-state index contributed by atoms with van der Waals surface area (Å²) in [6.45, 7) is 3.69. The maximum absolute atomic E-state index is 11.6. The Bertz CT molecular complexity index is 798. The molecule has 6 heteroatoms. The van der Waals surface area contributed by atoms with Gasteiger partial charge in [-0.3, -0.25) is 4.79 Å². The van der Waals surface area contributed by atoms with Crippen LogP contribution >= 0.6 is 35.1 Å². The molecule has 2 aromatic heterocycles. The van der Waals surface area contributed by atoms with Crippen molar-refractivity contribution in [3.8, 4) is 10.4 Å². The third-order valence-corrected chi connectivity index (χ3v) is 5.66. The average molecular weight is 407 g/mol. The minimum Gasteiger partial charge on any atom is -0.326 e. The smallest absolute Gasteiger partial charge is 0.224 e. The van der Waals surface area contributed by atoms with Gasteiger partial charge in [0.25, 0.3) is 0 Å². The zero-order chi connectivity index (χ0) is 17.5. The average Bonchev–Trinajstić information content (AvgIpc) is 3.28. The van der Waals surface area contributed by atoms with E-state index in [1.165, 1.54) is 20.9 Å². The monoisotopic (exact) mass is 406 g/mol. The Kier molecular flexibility index (Phi) is 8.32. The molecule has 0 radical (unpaired) electrons. The van der Waals surface area contributed by atoms with Gasteiger partial charge in [0.05, 0.1) is 0 Å². The summed E-state index contributed by atoms with van der Waals surface area (Å²) in [5, 5.41) is 10.7. The van der Waals surface area contributed by atoms with Crippen molar-refractivity contribution in [3.05, 3.63) is 63.7 Å². The molecule has 26 heavy (non-hydrogen) atoms. The molecule has 0 bridgehead atoms. The van der Waals surface area contributed by atoms with Crippen LogP contribution in [0.5, 0.6) is 0 Å². The number of hydrogen-bond acceptors (Lipinski definition) is 4. The first-order valence-corrected chi connectivity index (χ1v) is 10.2. The highest BCUT2D eigenvalue weighted by Gasteiger charge is 2.04. The van der Waals surface area contributed by atoms with Crippen LogP contribution < -0.4 is 10.6 Å². The Labute approximate surface area is 168 Å². The number of benzene rings is 1. The van der Waals surface area contributed by atoms with E-state index in [1.807, 2.05) is 19.1 Å². The number of hydrogen-bond donors (Lipinski definition) is 2. The standard InChI is InChI=1S/C20H22N2OS2.ClH/c1-2-4-20(23)22-17-8-6-15(7-9-17)12-21-13-18-11-16(14-25-18)19-5-3-10-24-19;/h3,5-11,14,21H,2,4,12-13H2,1H3,(H,22,23);1H. The van der Waals surface area contributed by atoms with Gasteiger partial charge in [-0.1, -0.05) is 25.1 Å². The molecular formula is C20H23ClN2OS2. The fraction of sp³-hybridized carbons (Fsp3) is 0.250. The lowest BCUT2D eigenvalue weighted by Crippen LogP contribution is -2.12. The summed E-state index contributed by atoms with van der Waals surface area (Å²) in [4.78, 5) is 14.3. The molecule has 0 aliphatic heterocycles.